The predicted molar refractivity (Wildman–Crippen MR) is 33.5 cm³/mol. The van der Waals surface area contributed by atoms with Crippen LogP contribution in [-0.4, -0.2) is 0 Å². The maximum Gasteiger partial charge on any atom is 2.00 e. The minimum absolute atomic E-state index is 0. The normalized spacial score (nSPS) is 9.69. The number of halogens is 5. The van der Waals surface area contributed by atoms with Crippen molar-refractivity contribution in [3.63, 3.8) is 0 Å². The monoisotopic (exact) mass is 264 g/mol. The van der Waals surface area contributed by atoms with E-state index in [0.29, 0.717) is 0 Å². The van der Waals surface area contributed by atoms with E-state index in [9.17, 15) is 22.0 Å². The Balaban J connectivity index is 0.00000144. The van der Waals surface area contributed by atoms with Crippen LogP contribution in [0.1, 0.15) is 0 Å². The van der Waals surface area contributed by atoms with Gasteiger partial charge in [0.1, 0.15) is 0 Å². The molecule has 13 heavy (non-hydrogen) atoms. The number of hydrogen-bond donors (Lipinski definition) is 1. The fourth-order valence-corrected chi connectivity index (χ4v) is 0.790. The predicted octanol–water partition coefficient (Wildman–Crippen LogP) is 2.67. The molecule has 0 aliphatic rings. The topological polar surface area (TPSA) is 0 Å². The summed E-state index contributed by atoms with van der Waals surface area (Å²) in [5, 5.41) is 0. The van der Waals surface area contributed by atoms with Gasteiger partial charge in [0.15, 0.2) is 23.3 Å². The van der Waals surface area contributed by atoms with Crippen molar-refractivity contribution in [3.05, 3.63) is 29.1 Å². The average molecular weight is 266 g/mol. The largest absolute Gasteiger partial charge is 2.00 e. The number of hydrogen-bond acceptors (Lipinski definition) is 1. The van der Waals surface area contributed by atoms with Gasteiger partial charge in [-0.2, -0.15) is 0 Å². The molecule has 0 nitrogen and oxygen atoms in total. The smallest absolute Gasteiger partial charge is 0.202 e. The van der Waals surface area contributed by atoms with Gasteiger partial charge in [-0.3, -0.25) is 0 Å². The van der Waals surface area contributed by atoms with E-state index < -0.39 is 34.0 Å². The molecule has 0 N–H and O–H groups in total. The van der Waals surface area contributed by atoms with Crippen molar-refractivity contribution in [2.45, 2.75) is 4.90 Å². The molecule has 0 atom stereocenters. The third kappa shape index (κ3) is 2.02. The van der Waals surface area contributed by atoms with Gasteiger partial charge >= 0.3 is 19.5 Å². The Hall–Kier alpha value is -0.157. The van der Waals surface area contributed by atoms with Gasteiger partial charge in [-0.15, -0.1) is 12.6 Å². The molecule has 0 aliphatic heterocycles. The molecule has 66 valence electrons. The Kier molecular flexibility index (Phi) is 4.32. The van der Waals surface area contributed by atoms with E-state index in [1.807, 2.05) is 0 Å². The van der Waals surface area contributed by atoms with Gasteiger partial charge in [0, 0.05) is 0 Å². The van der Waals surface area contributed by atoms with Gasteiger partial charge in [0.25, 0.3) is 0 Å². The summed E-state index contributed by atoms with van der Waals surface area (Å²) in [6.45, 7) is 0. The molecular formula is C6HF5SZn+2. The van der Waals surface area contributed by atoms with Crippen molar-refractivity contribution in [3.8, 4) is 0 Å². The SMILES string of the molecule is Fc1c(F)c(F)c(S)c(F)c1F.[Zn+2]. The third-order valence-electron chi connectivity index (χ3n) is 1.19. The zero-order valence-corrected chi connectivity index (χ0v) is 9.91. The summed E-state index contributed by atoms with van der Waals surface area (Å²) in [6.07, 6.45) is 0. The van der Waals surface area contributed by atoms with E-state index in [-0.39, 0.29) is 19.5 Å². The summed E-state index contributed by atoms with van der Waals surface area (Å²) in [4.78, 5) is -1.17. The zero-order chi connectivity index (χ0) is 9.46. The Morgan fingerprint density at radius 3 is 1.15 bits per heavy atom. The average Bonchev–Trinajstić information content (AvgIpc) is 2.08. The van der Waals surface area contributed by atoms with Crippen molar-refractivity contribution in [2.75, 3.05) is 0 Å². The fraction of sp³-hybridized carbons (Fsp3) is 0. The molecule has 0 bridgehead atoms. The van der Waals surface area contributed by atoms with E-state index in [2.05, 4.69) is 12.6 Å². The Morgan fingerprint density at radius 1 is 0.615 bits per heavy atom. The minimum Gasteiger partial charge on any atom is -0.202 e. The van der Waals surface area contributed by atoms with Crippen LogP contribution in [0.5, 0.6) is 0 Å². The van der Waals surface area contributed by atoms with E-state index in [4.69, 9.17) is 0 Å². The summed E-state index contributed by atoms with van der Waals surface area (Å²) in [6, 6.07) is 0. The molecule has 1 aromatic rings. The van der Waals surface area contributed by atoms with Crippen molar-refractivity contribution in [1.82, 2.24) is 0 Å². The van der Waals surface area contributed by atoms with Crippen molar-refractivity contribution in [2.24, 2.45) is 0 Å². The zero-order valence-electron chi connectivity index (χ0n) is 6.04. The summed E-state index contributed by atoms with van der Waals surface area (Å²) < 4.78 is 61.3. The van der Waals surface area contributed by atoms with Gasteiger partial charge in [-0.25, -0.2) is 22.0 Å². The molecular weight excluding hydrogens is 265 g/mol. The first-order valence-corrected chi connectivity index (χ1v) is 3.12. The fourth-order valence-electron chi connectivity index (χ4n) is 0.593. The molecule has 1 rings (SSSR count). The molecule has 7 heteroatoms. The first-order chi connectivity index (χ1) is 5.46. The molecule has 0 aromatic heterocycles. The molecule has 0 amide bonds. The first kappa shape index (κ1) is 12.8. The van der Waals surface area contributed by atoms with E-state index in [1.54, 1.807) is 0 Å². The van der Waals surface area contributed by atoms with Crippen molar-refractivity contribution >= 4 is 12.6 Å². The Bertz CT molecular complexity index is 235. The van der Waals surface area contributed by atoms with Gasteiger partial charge < -0.3 is 0 Å². The van der Waals surface area contributed by atoms with Crippen LogP contribution in [0, 0.1) is 29.1 Å². The van der Waals surface area contributed by atoms with E-state index in [1.165, 1.54) is 0 Å². The van der Waals surface area contributed by atoms with Crippen molar-refractivity contribution < 1.29 is 41.4 Å². The van der Waals surface area contributed by atoms with Gasteiger partial charge in [-0.1, -0.05) is 0 Å². The summed E-state index contributed by atoms with van der Waals surface area (Å²) in [5.74, 6) is -10.00. The standard InChI is InChI=1S/C6HF5S.Zn/c7-1-2(8)4(10)6(12)5(11)3(1)9;/h12H;/q;+2. The second-order valence-corrected chi connectivity index (χ2v) is 2.37. The number of thiol groups is 1. The Morgan fingerprint density at radius 2 is 0.846 bits per heavy atom. The van der Waals surface area contributed by atoms with Crippen LogP contribution in [0.15, 0.2) is 4.90 Å². The maximum absolute atomic E-state index is 12.3. The molecule has 0 fully saturated rings. The quantitative estimate of drug-likeness (QED) is 0.241. The van der Waals surface area contributed by atoms with Gasteiger partial charge in [0.2, 0.25) is 5.82 Å². The summed E-state index contributed by atoms with van der Waals surface area (Å²) in [7, 11) is 0. The maximum atomic E-state index is 12.3. The first-order valence-electron chi connectivity index (χ1n) is 2.67. The van der Waals surface area contributed by atoms with Gasteiger partial charge in [0.05, 0.1) is 4.90 Å². The second-order valence-electron chi connectivity index (χ2n) is 1.92. The van der Waals surface area contributed by atoms with Crippen LogP contribution in [-0.2, 0) is 19.5 Å². The summed E-state index contributed by atoms with van der Waals surface area (Å²) >= 11 is 3.10. The summed E-state index contributed by atoms with van der Waals surface area (Å²) in [5.41, 5.74) is 0. The third-order valence-corrected chi connectivity index (χ3v) is 1.58. The van der Waals surface area contributed by atoms with Crippen LogP contribution < -0.4 is 0 Å². The van der Waals surface area contributed by atoms with Crippen LogP contribution >= 0.6 is 12.6 Å². The molecule has 0 spiro atoms. The molecule has 0 radical (unpaired) electrons. The van der Waals surface area contributed by atoms with Crippen LogP contribution in [0.3, 0.4) is 0 Å². The van der Waals surface area contributed by atoms with E-state index in [0.717, 1.165) is 0 Å². The molecule has 0 aliphatic carbocycles. The molecule has 0 heterocycles. The van der Waals surface area contributed by atoms with E-state index >= 15 is 0 Å². The number of rotatable bonds is 0. The van der Waals surface area contributed by atoms with Crippen LogP contribution in [0.4, 0.5) is 22.0 Å². The second kappa shape index (κ2) is 4.37. The van der Waals surface area contributed by atoms with Crippen molar-refractivity contribution in [1.29, 1.82) is 0 Å². The number of benzene rings is 1. The van der Waals surface area contributed by atoms with Crippen LogP contribution in [0.2, 0.25) is 0 Å². The minimum atomic E-state index is -2.18. The molecule has 1 aromatic carbocycles. The molecule has 0 saturated heterocycles. The van der Waals surface area contributed by atoms with Gasteiger partial charge in [-0.05, 0) is 0 Å². The Labute approximate surface area is 88.3 Å². The molecule has 0 saturated carbocycles. The van der Waals surface area contributed by atoms with Crippen LogP contribution in [0.25, 0.3) is 0 Å². The molecule has 0 unspecified atom stereocenters.